The summed E-state index contributed by atoms with van der Waals surface area (Å²) in [4.78, 5) is 5.66. The SMILES string of the molecule is CCNC(=NCC1(CO)CC1)NCCCSc1ccc(F)cc1. The summed E-state index contributed by atoms with van der Waals surface area (Å²) in [7, 11) is 0. The molecule has 0 bridgehead atoms. The highest BCUT2D eigenvalue weighted by molar-refractivity contribution is 7.99. The van der Waals surface area contributed by atoms with Crippen molar-refractivity contribution in [3.63, 3.8) is 0 Å². The van der Waals surface area contributed by atoms with Crippen LogP contribution in [0.2, 0.25) is 0 Å². The number of rotatable bonds is 9. The van der Waals surface area contributed by atoms with E-state index in [0.717, 1.165) is 49.0 Å². The predicted molar refractivity (Wildman–Crippen MR) is 94.5 cm³/mol. The lowest BCUT2D eigenvalue weighted by Gasteiger charge is -2.13. The molecule has 0 amide bonds. The van der Waals surface area contributed by atoms with Crippen LogP contribution in [-0.4, -0.2) is 43.1 Å². The molecular formula is C17H26FN3OS. The molecule has 3 N–H and O–H groups in total. The number of aliphatic imine (C=N–C) groups is 1. The standard InChI is InChI=1S/C17H26FN3OS/c1-2-19-16(21-12-17(13-22)8-9-17)20-10-3-11-23-15-6-4-14(18)5-7-15/h4-7,22H,2-3,8-13H2,1H3,(H2,19,20,21). The first kappa shape index (κ1) is 18.1. The number of thioether (sulfide) groups is 1. The molecule has 0 atom stereocenters. The number of nitrogens with one attached hydrogen (secondary N) is 2. The molecular weight excluding hydrogens is 313 g/mol. The van der Waals surface area contributed by atoms with E-state index in [9.17, 15) is 9.50 Å². The summed E-state index contributed by atoms with van der Waals surface area (Å²) in [6, 6.07) is 6.60. The molecule has 1 aliphatic rings. The predicted octanol–water partition coefficient (Wildman–Crippen LogP) is 2.64. The lowest BCUT2D eigenvalue weighted by molar-refractivity contribution is 0.217. The lowest BCUT2D eigenvalue weighted by atomic mass is 10.1. The maximum Gasteiger partial charge on any atom is 0.191 e. The van der Waals surface area contributed by atoms with E-state index in [-0.39, 0.29) is 17.8 Å². The van der Waals surface area contributed by atoms with Crippen LogP contribution in [0.3, 0.4) is 0 Å². The van der Waals surface area contributed by atoms with Crippen LogP contribution in [0.25, 0.3) is 0 Å². The van der Waals surface area contributed by atoms with Crippen LogP contribution in [0, 0.1) is 11.2 Å². The number of aliphatic hydroxyl groups is 1. The van der Waals surface area contributed by atoms with E-state index in [1.807, 2.05) is 19.1 Å². The van der Waals surface area contributed by atoms with Crippen LogP contribution in [0.15, 0.2) is 34.2 Å². The molecule has 4 nitrogen and oxygen atoms in total. The minimum atomic E-state index is -0.196. The molecule has 0 saturated heterocycles. The fourth-order valence-corrected chi connectivity index (χ4v) is 2.98. The van der Waals surface area contributed by atoms with Crippen molar-refractivity contribution in [1.82, 2.24) is 10.6 Å². The van der Waals surface area contributed by atoms with Gasteiger partial charge in [0, 0.05) is 23.4 Å². The van der Waals surface area contributed by atoms with Crippen molar-refractivity contribution in [2.45, 2.75) is 31.1 Å². The van der Waals surface area contributed by atoms with Crippen molar-refractivity contribution in [3.05, 3.63) is 30.1 Å². The summed E-state index contributed by atoms with van der Waals surface area (Å²) < 4.78 is 12.8. The van der Waals surface area contributed by atoms with Gasteiger partial charge < -0.3 is 15.7 Å². The Morgan fingerprint density at radius 1 is 1.30 bits per heavy atom. The number of halogens is 1. The molecule has 128 valence electrons. The van der Waals surface area contributed by atoms with Crippen LogP contribution >= 0.6 is 11.8 Å². The Labute approximate surface area is 142 Å². The van der Waals surface area contributed by atoms with Gasteiger partial charge in [-0.15, -0.1) is 11.8 Å². The molecule has 1 fully saturated rings. The zero-order valence-corrected chi connectivity index (χ0v) is 14.5. The van der Waals surface area contributed by atoms with Gasteiger partial charge in [0.05, 0.1) is 13.2 Å². The van der Waals surface area contributed by atoms with Crippen LogP contribution in [0.4, 0.5) is 4.39 Å². The van der Waals surface area contributed by atoms with Gasteiger partial charge in [-0.1, -0.05) is 0 Å². The average Bonchev–Trinajstić information content (AvgIpc) is 3.34. The number of benzene rings is 1. The van der Waals surface area contributed by atoms with Crippen molar-refractivity contribution in [2.24, 2.45) is 10.4 Å². The number of nitrogens with zero attached hydrogens (tertiary/aromatic N) is 1. The maximum atomic E-state index is 12.8. The molecule has 1 aromatic rings. The van der Waals surface area contributed by atoms with Crippen LogP contribution in [0.5, 0.6) is 0 Å². The lowest BCUT2D eigenvalue weighted by Crippen LogP contribution is -2.38. The molecule has 0 aromatic heterocycles. The van der Waals surface area contributed by atoms with E-state index >= 15 is 0 Å². The second-order valence-electron chi connectivity index (χ2n) is 5.94. The Hall–Kier alpha value is -1.27. The monoisotopic (exact) mass is 339 g/mol. The van der Waals surface area contributed by atoms with Crippen molar-refractivity contribution >= 4 is 17.7 Å². The van der Waals surface area contributed by atoms with Gasteiger partial charge in [-0.05, 0) is 56.2 Å². The number of aliphatic hydroxyl groups excluding tert-OH is 1. The number of guanidine groups is 1. The van der Waals surface area contributed by atoms with Gasteiger partial charge in [0.25, 0.3) is 0 Å². The Balaban J connectivity index is 1.65. The van der Waals surface area contributed by atoms with E-state index in [4.69, 9.17) is 0 Å². The zero-order valence-electron chi connectivity index (χ0n) is 13.6. The summed E-state index contributed by atoms with van der Waals surface area (Å²) >= 11 is 1.73. The molecule has 1 aliphatic carbocycles. The summed E-state index contributed by atoms with van der Waals surface area (Å²) in [5, 5.41) is 15.9. The van der Waals surface area contributed by atoms with Crippen LogP contribution < -0.4 is 10.6 Å². The van der Waals surface area contributed by atoms with Gasteiger partial charge in [-0.2, -0.15) is 0 Å². The Morgan fingerprint density at radius 3 is 2.65 bits per heavy atom. The van der Waals surface area contributed by atoms with Crippen LogP contribution in [0.1, 0.15) is 26.2 Å². The first-order valence-electron chi connectivity index (χ1n) is 8.19. The molecule has 0 unspecified atom stereocenters. The van der Waals surface area contributed by atoms with Crippen molar-refractivity contribution in [3.8, 4) is 0 Å². The molecule has 0 radical (unpaired) electrons. The first-order valence-corrected chi connectivity index (χ1v) is 9.17. The third kappa shape index (κ3) is 6.39. The molecule has 23 heavy (non-hydrogen) atoms. The van der Waals surface area contributed by atoms with E-state index in [1.54, 1.807) is 11.8 Å². The van der Waals surface area contributed by atoms with Gasteiger partial charge in [-0.3, -0.25) is 4.99 Å². The van der Waals surface area contributed by atoms with Gasteiger partial charge >= 0.3 is 0 Å². The fourth-order valence-electron chi connectivity index (χ4n) is 2.13. The van der Waals surface area contributed by atoms with Crippen LogP contribution in [-0.2, 0) is 0 Å². The molecule has 1 saturated carbocycles. The highest BCUT2D eigenvalue weighted by Gasteiger charge is 2.41. The normalized spacial score (nSPS) is 16.2. The number of hydrogen-bond donors (Lipinski definition) is 3. The highest BCUT2D eigenvalue weighted by Crippen LogP contribution is 2.45. The average molecular weight is 339 g/mol. The third-order valence-corrected chi connectivity index (χ3v) is 5.00. The first-order chi connectivity index (χ1) is 11.2. The molecule has 1 aromatic carbocycles. The summed E-state index contributed by atoms with van der Waals surface area (Å²) in [6.07, 6.45) is 3.14. The van der Waals surface area contributed by atoms with Gasteiger partial charge in [-0.25, -0.2) is 4.39 Å². The smallest absolute Gasteiger partial charge is 0.191 e. The molecule has 0 spiro atoms. The van der Waals surface area contributed by atoms with Crippen molar-refractivity contribution in [1.29, 1.82) is 0 Å². The third-order valence-electron chi connectivity index (χ3n) is 3.91. The zero-order chi connectivity index (χ0) is 16.5. The molecule has 2 rings (SSSR count). The van der Waals surface area contributed by atoms with Gasteiger partial charge in [0.1, 0.15) is 5.82 Å². The molecule has 0 heterocycles. The quantitative estimate of drug-likeness (QED) is 0.280. The van der Waals surface area contributed by atoms with E-state index in [1.165, 1.54) is 12.1 Å². The minimum Gasteiger partial charge on any atom is -0.396 e. The van der Waals surface area contributed by atoms with E-state index in [2.05, 4.69) is 15.6 Å². The Morgan fingerprint density at radius 2 is 2.04 bits per heavy atom. The molecule has 0 aliphatic heterocycles. The molecule has 6 heteroatoms. The van der Waals surface area contributed by atoms with E-state index < -0.39 is 0 Å². The van der Waals surface area contributed by atoms with Crippen molar-refractivity contribution < 1.29 is 9.50 Å². The highest BCUT2D eigenvalue weighted by atomic mass is 32.2. The summed E-state index contributed by atoms with van der Waals surface area (Å²) in [5.41, 5.74) is 0.0424. The van der Waals surface area contributed by atoms with E-state index in [0.29, 0.717) is 6.54 Å². The number of hydrogen-bond acceptors (Lipinski definition) is 3. The topological polar surface area (TPSA) is 56.7 Å². The Bertz CT molecular complexity index is 503. The maximum absolute atomic E-state index is 12.8. The summed E-state index contributed by atoms with van der Waals surface area (Å²) in [6.45, 7) is 4.61. The second-order valence-corrected chi connectivity index (χ2v) is 7.10. The Kier molecular flexibility index (Phi) is 7.17. The van der Waals surface area contributed by atoms with Gasteiger partial charge in [0.2, 0.25) is 0 Å². The largest absolute Gasteiger partial charge is 0.396 e. The minimum absolute atomic E-state index is 0.0424. The fraction of sp³-hybridized carbons (Fsp3) is 0.588. The summed E-state index contributed by atoms with van der Waals surface area (Å²) in [5.74, 6) is 1.59. The second kappa shape index (κ2) is 9.13. The van der Waals surface area contributed by atoms with Gasteiger partial charge in [0.15, 0.2) is 5.96 Å². The van der Waals surface area contributed by atoms with Crippen molar-refractivity contribution in [2.75, 3.05) is 32.0 Å².